The number of nitrogens with two attached hydrogens (primary N) is 1. The normalized spacial score (nSPS) is 9.64. The number of nitrogens with zero attached hydrogens (tertiary/aromatic N) is 1. The number of benzene rings is 1. The van der Waals surface area contributed by atoms with Crippen LogP contribution in [-0.4, -0.2) is 4.98 Å². The minimum absolute atomic E-state index is 0.242. The quantitative estimate of drug-likeness (QED) is 0.755. The number of para-hydroxylation sites is 1. The Morgan fingerprint density at radius 3 is 2.71 bits per heavy atom. The molecule has 0 bridgehead atoms. The van der Waals surface area contributed by atoms with Crippen molar-refractivity contribution in [2.24, 2.45) is 0 Å². The smallest absolute Gasteiger partial charge is 0.292 e. The number of rotatable bonds is 1. The first-order valence-electron chi connectivity index (χ1n) is 4.95. The first-order chi connectivity index (χ1) is 6.81. The van der Waals surface area contributed by atoms with Gasteiger partial charge in [-0.05, 0) is 18.1 Å². The van der Waals surface area contributed by atoms with E-state index in [0.717, 1.165) is 17.5 Å². The molecule has 3 nitrogen and oxygen atoms in total. The van der Waals surface area contributed by atoms with Crippen molar-refractivity contribution in [1.29, 1.82) is 0 Å². The molecule has 0 unspecified atom stereocenters. The van der Waals surface area contributed by atoms with E-state index < -0.39 is 0 Å². The van der Waals surface area contributed by atoms with Crippen molar-refractivity contribution in [2.75, 3.05) is 5.73 Å². The van der Waals surface area contributed by atoms with E-state index in [1.807, 2.05) is 32.0 Å². The van der Waals surface area contributed by atoms with E-state index >= 15 is 0 Å². The van der Waals surface area contributed by atoms with Crippen molar-refractivity contribution >= 4 is 17.1 Å². The highest BCUT2D eigenvalue weighted by atomic mass is 16.4. The van der Waals surface area contributed by atoms with E-state index in [9.17, 15) is 0 Å². The third-order valence-electron chi connectivity index (χ3n) is 1.90. The number of oxazole rings is 1. The van der Waals surface area contributed by atoms with Gasteiger partial charge in [-0.1, -0.05) is 32.9 Å². The maximum absolute atomic E-state index is 5.44. The number of aromatic nitrogens is 1. The van der Waals surface area contributed by atoms with Crippen LogP contribution in [0.5, 0.6) is 0 Å². The Morgan fingerprint density at radius 2 is 2.07 bits per heavy atom. The lowest BCUT2D eigenvalue weighted by molar-refractivity contribution is 0.626. The summed E-state index contributed by atoms with van der Waals surface area (Å²) in [7, 11) is 0. The molecule has 3 heteroatoms. The third-order valence-corrected chi connectivity index (χ3v) is 1.90. The second-order valence-corrected chi connectivity index (χ2v) is 2.67. The van der Waals surface area contributed by atoms with Gasteiger partial charge >= 0.3 is 0 Å². The second kappa shape index (κ2) is 4.65. The highest BCUT2D eigenvalue weighted by Gasteiger charge is 2.04. The molecule has 2 N–H and O–H groups in total. The first-order valence-corrected chi connectivity index (χ1v) is 4.95. The molecule has 0 aliphatic heterocycles. The topological polar surface area (TPSA) is 52.0 Å². The number of nitrogen functional groups attached to an aromatic ring is 1. The van der Waals surface area contributed by atoms with Crippen LogP contribution in [0.15, 0.2) is 22.6 Å². The highest BCUT2D eigenvalue weighted by molar-refractivity contribution is 5.77. The van der Waals surface area contributed by atoms with Gasteiger partial charge in [0.05, 0.1) is 0 Å². The Kier molecular flexibility index (Phi) is 3.51. The largest absolute Gasteiger partial charge is 0.424 e. The predicted molar refractivity (Wildman–Crippen MR) is 59.1 cm³/mol. The summed E-state index contributed by atoms with van der Waals surface area (Å²) in [5.41, 5.74) is 8.27. The maximum atomic E-state index is 5.44. The molecule has 0 spiro atoms. The van der Waals surface area contributed by atoms with Crippen LogP contribution in [0, 0.1) is 0 Å². The van der Waals surface area contributed by atoms with E-state index in [-0.39, 0.29) is 6.01 Å². The summed E-state index contributed by atoms with van der Waals surface area (Å²) in [5.74, 6) is 0. The van der Waals surface area contributed by atoms with Gasteiger partial charge in [-0.25, -0.2) is 0 Å². The molecule has 0 fully saturated rings. The van der Waals surface area contributed by atoms with Gasteiger partial charge in [0.2, 0.25) is 0 Å². The molecule has 1 heterocycles. The van der Waals surface area contributed by atoms with E-state index in [0.29, 0.717) is 0 Å². The van der Waals surface area contributed by atoms with Crippen molar-refractivity contribution < 1.29 is 4.42 Å². The fourth-order valence-electron chi connectivity index (χ4n) is 1.31. The van der Waals surface area contributed by atoms with Gasteiger partial charge in [0.15, 0.2) is 5.58 Å². The average molecular weight is 192 g/mol. The molecule has 2 rings (SSSR count). The number of fused-ring (bicyclic) bond motifs is 1. The van der Waals surface area contributed by atoms with Gasteiger partial charge in [-0.3, -0.25) is 0 Å². The van der Waals surface area contributed by atoms with Crippen LogP contribution in [0.25, 0.3) is 11.1 Å². The molecule has 0 aliphatic rings. The zero-order valence-electron chi connectivity index (χ0n) is 8.87. The number of hydrogen-bond acceptors (Lipinski definition) is 3. The summed E-state index contributed by atoms with van der Waals surface area (Å²) in [6.07, 6.45) is 0.948. The summed E-state index contributed by atoms with van der Waals surface area (Å²) < 4.78 is 5.18. The van der Waals surface area contributed by atoms with Crippen LogP contribution >= 0.6 is 0 Å². The molecule has 14 heavy (non-hydrogen) atoms. The van der Waals surface area contributed by atoms with Crippen LogP contribution < -0.4 is 5.73 Å². The summed E-state index contributed by atoms with van der Waals surface area (Å²) in [6, 6.07) is 6.10. The zero-order valence-corrected chi connectivity index (χ0v) is 8.87. The molecule has 76 valence electrons. The first kappa shape index (κ1) is 10.6. The van der Waals surface area contributed by atoms with Gasteiger partial charge in [-0.2, -0.15) is 4.98 Å². The minimum atomic E-state index is 0.242. The lowest BCUT2D eigenvalue weighted by atomic mass is 10.1. The number of aryl methyl sites for hydroxylation is 1. The average Bonchev–Trinajstić information content (AvgIpc) is 2.60. The second-order valence-electron chi connectivity index (χ2n) is 2.67. The van der Waals surface area contributed by atoms with Crippen LogP contribution in [0.4, 0.5) is 6.01 Å². The lowest BCUT2D eigenvalue weighted by Crippen LogP contribution is -1.84. The lowest BCUT2D eigenvalue weighted by Gasteiger charge is -1.93. The fraction of sp³-hybridized carbons (Fsp3) is 0.364. The van der Waals surface area contributed by atoms with Crippen molar-refractivity contribution in [1.82, 2.24) is 4.98 Å². The molecule has 0 saturated heterocycles. The molecule has 0 aliphatic carbocycles. The molecule has 1 aromatic heterocycles. The standard InChI is InChI=1S/C9H10N2O.C2H6/c1-2-6-4-3-5-7-8(6)11-9(10)12-7;1-2/h3-5H,2H2,1H3,(H2,10,11);1-2H3. The molecule has 2 aromatic rings. The summed E-state index contributed by atoms with van der Waals surface area (Å²) in [4.78, 5) is 4.10. The van der Waals surface area contributed by atoms with E-state index in [4.69, 9.17) is 10.2 Å². The summed E-state index contributed by atoms with van der Waals surface area (Å²) in [5, 5.41) is 0. The SMILES string of the molecule is CC.CCc1cccc2oc(N)nc12. The Hall–Kier alpha value is -1.51. The van der Waals surface area contributed by atoms with E-state index in [2.05, 4.69) is 11.9 Å². The van der Waals surface area contributed by atoms with Crippen molar-refractivity contribution in [2.45, 2.75) is 27.2 Å². The molecule has 1 aromatic carbocycles. The minimum Gasteiger partial charge on any atom is -0.424 e. The van der Waals surface area contributed by atoms with Crippen LogP contribution in [-0.2, 0) is 6.42 Å². The van der Waals surface area contributed by atoms with Crippen LogP contribution in [0.2, 0.25) is 0 Å². The highest BCUT2D eigenvalue weighted by Crippen LogP contribution is 2.20. The van der Waals surface area contributed by atoms with Gasteiger partial charge in [0, 0.05) is 0 Å². The Labute approximate surface area is 83.9 Å². The van der Waals surface area contributed by atoms with Crippen molar-refractivity contribution in [3.8, 4) is 0 Å². The van der Waals surface area contributed by atoms with Gasteiger partial charge in [-0.15, -0.1) is 0 Å². The Bertz CT molecular complexity index is 407. The van der Waals surface area contributed by atoms with Crippen molar-refractivity contribution in [3.05, 3.63) is 23.8 Å². The molecule has 0 amide bonds. The zero-order chi connectivity index (χ0) is 10.6. The molecule has 0 atom stereocenters. The van der Waals surface area contributed by atoms with Crippen LogP contribution in [0.3, 0.4) is 0 Å². The molecular weight excluding hydrogens is 176 g/mol. The summed E-state index contributed by atoms with van der Waals surface area (Å²) in [6.45, 7) is 6.08. The van der Waals surface area contributed by atoms with Gasteiger partial charge < -0.3 is 10.2 Å². The third kappa shape index (κ3) is 1.87. The monoisotopic (exact) mass is 192 g/mol. The van der Waals surface area contributed by atoms with Gasteiger partial charge in [0.1, 0.15) is 5.52 Å². The molecule has 0 saturated carbocycles. The van der Waals surface area contributed by atoms with Crippen LogP contribution in [0.1, 0.15) is 26.3 Å². The number of hydrogen-bond donors (Lipinski definition) is 1. The predicted octanol–water partition coefficient (Wildman–Crippen LogP) is 3.00. The fourth-order valence-corrected chi connectivity index (χ4v) is 1.31. The molecule has 0 radical (unpaired) electrons. The summed E-state index contributed by atoms with van der Waals surface area (Å²) >= 11 is 0. The number of anilines is 1. The Morgan fingerprint density at radius 1 is 1.36 bits per heavy atom. The Balaban J connectivity index is 0.000000461. The maximum Gasteiger partial charge on any atom is 0.292 e. The van der Waals surface area contributed by atoms with Gasteiger partial charge in [0.25, 0.3) is 6.01 Å². The van der Waals surface area contributed by atoms with E-state index in [1.165, 1.54) is 5.56 Å². The van der Waals surface area contributed by atoms with Crippen molar-refractivity contribution in [3.63, 3.8) is 0 Å². The van der Waals surface area contributed by atoms with E-state index in [1.54, 1.807) is 0 Å². The molecular formula is C11H16N2O.